The van der Waals surface area contributed by atoms with Gasteiger partial charge in [0.15, 0.2) is 0 Å². The molecule has 0 fully saturated rings. The number of carboxylic acid groups (broad SMARTS) is 1. The van der Waals surface area contributed by atoms with Gasteiger partial charge in [-0.15, -0.1) is 0 Å². The van der Waals surface area contributed by atoms with Gasteiger partial charge in [-0.3, -0.25) is 4.79 Å². The van der Waals surface area contributed by atoms with Crippen molar-refractivity contribution < 1.29 is 23.1 Å². The third-order valence-corrected chi connectivity index (χ3v) is 2.26. The lowest BCUT2D eigenvalue weighted by molar-refractivity contribution is -0.136. The van der Waals surface area contributed by atoms with E-state index in [9.17, 15) is 18.0 Å². The molecule has 0 atom stereocenters. The van der Waals surface area contributed by atoms with Gasteiger partial charge in [-0.1, -0.05) is 0 Å². The highest BCUT2D eigenvalue weighted by Crippen LogP contribution is 2.25. The van der Waals surface area contributed by atoms with E-state index < -0.39 is 39.9 Å². The van der Waals surface area contributed by atoms with Gasteiger partial charge in [0.2, 0.25) is 0 Å². The molecule has 0 radical (unpaired) electrons. The summed E-state index contributed by atoms with van der Waals surface area (Å²) in [7, 11) is 0. The average molecular weight is 269 g/mol. The first-order valence-corrected chi connectivity index (χ1v) is 4.26. The Morgan fingerprint density at radius 1 is 1.36 bits per heavy atom. The van der Waals surface area contributed by atoms with Crippen LogP contribution in [0.3, 0.4) is 0 Å². The zero-order valence-electron chi connectivity index (χ0n) is 6.65. The molecule has 0 aliphatic carbocycles. The SMILES string of the molecule is O=C(O)Cc1c(F)cc(F)c(Br)c1F. The molecule has 6 heteroatoms. The number of carboxylic acids is 1. The van der Waals surface area contributed by atoms with Crippen LogP contribution in [0.15, 0.2) is 10.5 Å². The van der Waals surface area contributed by atoms with E-state index >= 15 is 0 Å². The number of rotatable bonds is 2. The van der Waals surface area contributed by atoms with E-state index in [1.807, 2.05) is 0 Å². The monoisotopic (exact) mass is 268 g/mol. The largest absolute Gasteiger partial charge is 0.481 e. The maximum Gasteiger partial charge on any atom is 0.308 e. The van der Waals surface area contributed by atoms with Gasteiger partial charge >= 0.3 is 5.97 Å². The number of hydrogen-bond acceptors (Lipinski definition) is 1. The molecule has 0 bridgehead atoms. The van der Waals surface area contributed by atoms with Crippen molar-refractivity contribution in [3.8, 4) is 0 Å². The summed E-state index contributed by atoms with van der Waals surface area (Å²) in [5.41, 5.74) is -0.661. The third kappa shape index (κ3) is 2.06. The van der Waals surface area contributed by atoms with Crippen molar-refractivity contribution in [3.63, 3.8) is 0 Å². The number of aliphatic carboxylic acids is 1. The lowest BCUT2D eigenvalue weighted by atomic mass is 10.1. The number of halogens is 4. The molecule has 2 nitrogen and oxygen atoms in total. The Morgan fingerprint density at radius 3 is 2.43 bits per heavy atom. The van der Waals surface area contributed by atoms with Crippen LogP contribution in [0.2, 0.25) is 0 Å². The zero-order valence-corrected chi connectivity index (χ0v) is 8.24. The van der Waals surface area contributed by atoms with Crippen LogP contribution in [0.5, 0.6) is 0 Å². The molecule has 0 amide bonds. The topological polar surface area (TPSA) is 37.3 Å². The van der Waals surface area contributed by atoms with Crippen molar-refractivity contribution >= 4 is 21.9 Å². The summed E-state index contributed by atoms with van der Waals surface area (Å²) < 4.78 is 38.1. The van der Waals surface area contributed by atoms with E-state index in [-0.39, 0.29) is 0 Å². The van der Waals surface area contributed by atoms with Crippen LogP contribution < -0.4 is 0 Å². The standard InChI is InChI=1S/C8H4BrF3O2/c9-7-5(11)2-4(10)3(8(7)12)1-6(13)14/h2H,1H2,(H,13,14). The summed E-state index contributed by atoms with van der Waals surface area (Å²) in [5.74, 6) is -4.91. The Kier molecular flexibility index (Phi) is 3.15. The fraction of sp³-hybridized carbons (Fsp3) is 0.125. The molecule has 0 unspecified atom stereocenters. The molecule has 1 rings (SSSR count). The molecule has 0 aromatic heterocycles. The Bertz CT molecular complexity index is 393. The van der Waals surface area contributed by atoms with Crippen LogP contribution in [0.25, 0.3) is 0 Å². The van der Waals surface area contributed by atoms with Gasteiger partial charge in [-0.05, 0) is 15.9 Å². The fourth-order valence-corrected chi connectivity index (χ4v) is 1.27. The molecule has 1 N–H and O–H groups in total. The van der Waals surface area contributed by atoms with E-state index in [1.54, 1.807) is 0 Å². The first kappa shape index (κ1) is 11.0. The second kappa shape index (κ2) is 4.00. The fourth-order valence-electron chi connectivity index (χ4n) is 0.917. The Balaban J connectivity index is 3.29. The van der Waals surface area contributed by atoms with Crippen molar-refractivity contribution in [1.82, 2.24) is 0 Å². The van der Waals surface area contributed by atoms with Gasteiger partial charge in [-0.25, -0.2) is 13.2 Å². The molecule has 0 aliphatic heterocycles. The minimum atomic E-state index is -1.39. The van der Waals surface area contributed by atoms with E-state index in [0.29, 0.717) is 6.07 Å². The van der Waals surface area contributed by atoms with E-state index in [2.05, 4.69) is 15.9 Å². The Hall–Kier alpha value is -1.04. The smallest absolute Gasteiger partial charge is 0.308 e. The van der Waals surface area contributed by atoms with Crippen molar-refractivity contribution in [1.29, 1.82) is 0 Å². The van der Waals surface area contributed by atoms with Gasteiger partial charge in [-0.2, -0.15) is 0 Å². The average Bonchev–Trinajstić information content (AvgIpc) is 2.09. The molecule has 14 heavy (non-hydrogen) atoms. The van der Waals surface area contributed by atoms with Gasteiger partial charge in [0.1, 0.15) is 17.5 Å². The molecule has 0 spiro atoms. The van der Waals surface area contributed by atoms with E-state index in [1.165, 1.54) is 0 Å². The highest BCUT2D eigenvalue weighted by atomic mass is 79.9. The maximum atomic E-state index is 13.1. The Morgan fingerprint density at radius 2 is 1.93 bits per heavy atom. The second-order valence-corrected chi connectivity index (χ2v) is 3.31. The zero-order chi connectivity index (χ0) is 10.9. The van der Waals surface area contributed by atoms with E-state index in [0.717, 1.165) is 0 Å². The van der Waals surface area contributed by atoms with Crippen LogP contribution in [-0.2, 0) is 11.2 Å². The molecule has 1 aromatic rings. The van der Waals surface area contributed by atoms with Gasteiger partial charge in [0.25, 0.3) is 0 Å². The number of carbonyl (C=O) groups is 1. The van der Waals surface area contributed by atoms with Crippen LogP contribution in [0.1, 0.15) is 5.56 Å². The summed E-state index contributed by atoms with van der Waals surface area (Å²) in [6, 6.07) is 0.436. The number of hydrogen-bond donors (Lipinski definition) is 1. The molecule has 0 heterocycles. The van der Waals surface area contributed by atoms with Crippen LogP contribution in [0, 0.1) is 17.5 Å². The lowest BCUT2D eigenvalue weighted by Gasteiger charge is -2.04. The number of benzene rings is 1. The lowest BCUT2D eigenvalue weighted by Crippen LogP contribution is -2.06. The molecular weight excluding hydrogens is 265 g/mol. The first-order valence-electron chi connectivity index (χ1n) is 3.47. The van der Waals surface area contributed by atoms with Crippen LogP contribution >= 0.6 is 15.9 Å². The van der Waals surface area contributed by atoms with Crippen LogP contribution in [-0.4, -0.2) is 11.1 Å². The van der Waals surface area contributed by atoms with E-state index in [4.69, 9.17) is 5.11 Å². The van der Waals surface area contributed by atoms with Crippen molar-refractivity contribution in [2.24, 2.45) is 0 Å². The normalized spacial score (nSPS) is 10.3. The van der Waals surface area contributed by atoms with Crippen molar-refractivity contribution in [2.75, 3.05) is 0 Å². The molecular formula is C8H4BrF3O2. The molecule has 1 aromatic carbocycles. The van der Waals surface area contributed by atoms with Gasteiger partial charge < -0.3 is 5.11 Å². The van der Waals surface area contributed by atoms with Gasteiger partial charge in [0, 0.05) is 11.6 Å². The molecule has 76 valence electrons. The summed E-state index contributed by atoms with van der Waals surface area (Å²) in [6.07, 6.45) is -0.823. The maximum absolute atomic E-state index is 13.1. The highest BCUT2D eigenvalue weighted by molar-refractivity contribution is 9.10. The minimum Gasteiger partial charge on any atom is -0.481 e. The summed E-state index contributed by atoms with van der Waals surface area (Å²) in [6.45, 7) is 0. The molecule has 0 aliphatic rings. The molecule has 0 saturated carbocycles. The summed E-state index contributed by atoms with van der Waals surface area (Å²) >= 11 is 2.54. The predicted octanol–water partition coefficient (Wildman–Crippen LogP) is 2.49. The summed E-state index contributed by atoms with van der Waals surface area (Å²) in [4.78, 5) is 10.2. The quantitative estimate of drug-likeness (QED) is 0.661. The Labute approximate surface area is 85.5 Å². The minimum absolute atomic E-state index is 0.436. The third-order valence-electron chi connectivity index (χ3n) is 1.54. The van der Waals surface area contributed by atoms with Crippen molar-refractivity contribution in [2.45, 2.75) is 6.42 Å². The van der Waals surface area contributed by atoms with Crippen LogP contribution in [0.4, 0.5) is 13.2 Å². The second-order valence-electron chi connectivity index (χ2n) is 2.52. The predicted molar refractivity (Wildman–Crippen MR) is 45.4 cm³/mol. The molecule has 0 saturated heterocycles. The first-order chi connectivity index (χ1) is 6.43. The van der Waals surface area contributed by atoms with Gasteiger partial charge in [0.05, 0.1) is 10.9 Å². The highest BCUT2D eigenvalue weighted by Gasteiger charge is 2.18. The van der Waals surface area contributed by atoms with Crippen molar-refractivity contribution in [3.05, 3.63) is 33.6 Å². The summed E-state index contributed by atoms with van der Waals surface area (Å²) in [5, 5.41) is 8.33.